The number of nitrogens with zero attached hydrogens (tertiary/aromatic N) is 1. The van der Waals surface area contributed by atoms with Crippen molar-refractivity contribution in [2.75, 3.05) is 12.3 Å². The Balaban J connectivity index is 2.61. The Morgan fingerprint density at radius 3 is 2.70 bits per heavy atom. The minimum absolute atomic E-state index is 0.140. The molecular formula is C15H18FN3O4. The van der Waals surface area contributed by atoms with E-state index in [-0.39, 0.29) is 18.5 Å². The van der Waals surface area contributed by atoms with E-state index in [1.165, 1.54) is 0 Å². The number of halogens is 1. The first-order valence-corrected chi connectivity index (χ1v) is 6.79. The van der Waals surface area contributed by atoms with Crippen LogP contribution in [0.5, 0.6) is 0 Å². The molecular weight excluding hydrogens is 305 g/mol. The molecule has 0 radical (unpaired) electrons. The van der Waals surface area contributed by atoms with Gasteiger partial charge in [-0.25, -0.2) is 9.18 Å². The highest BCUT2D eigenvalue weighted by Crippen LogP contribution is 2.25. The Bertz CT molecular complexity index is 672. The number of carbonyl (C=O) groups excluding carboxylic acids is 1. The fraction of sp³-hybridized carbons (Fsp3) is 0.400. The summed E-state index contributed by atoms with van der Waals surface area (Å²) in [7, 11) is 0. The van der Waals surface area contributed by atoms with E-state index in [0.29, 0.717) is 0 Å². The van der Waals surface area contributed by atoms with Crippen molar-refractivity contribution in [1.82, 2.24) is 5.32 Å². The molecule has 0 aliphatic rings. The van der Waals surface area contributed by atoms with Crippen molar-refractivity contribution in [2.45, 2.75) is 32.8 Å². The van der Waals surface area contributed by atoms with Gasteiger partial charge in [0.2, 0.25) is 0 Å². The number of carbonyl (C=O) groups is 1. The van der Waals surface area contributed by atoms with Crippen LogP contribution >= 0.6 is 0 Å². The van der Waals surface area contributed by atoms with Gasteiger partial charge in [-0.05, 0) is 26.8 Å². The highest BCUT2D eigenvalue weighted by atomic mass is 19.1. The second-order valence-corrected chi connectivity index (χ2v) is 5.63. The van der Waals surface area contributed by atoms with Gasteiger partial charge in [0.25, 0.3) is 5.69 Å². The van der Waals surface area contributed by atoms with Crippen molar-refractivity contribution in [3.8, 4) is 11.8 Å². The molecule has 1 aromatic rings. The fourth-order valence-corrected chi connectivity index (χ4v) is 1.53. The summed E-state index contributed by atoms with van der Waals surface area (Å²) in [5.74, 6) is 4.38. The largest absolute Gasteiger partial charge is 0.444 e. The molecule has 0 spiro atoms. The molecule has 1 rings (SSSR count). The van der Waals surface area contributed by atoms with Gasteiger partial charge in [-0.3, -0.25) is 10.1 Å². The predicted molar refractivity (Wildman–Crippen MR) is 83.2 cm³/mol. The fourth-order valence-electron chi connectivity index (χ4n) is 1.53. The molecule has 124 valence electrons. The Hall–Kier alpha value is -2.82. The number of hydrogen-bond acceptors (Lipinski definition) is 5. The first kappa shape index (κ1) is 18.2. The Labute approximate surface area is 133 Å². The maximum atomic E-state index is 13.5. The minimum Gasteiger partial charge on any atom is -0.444 e. The molecule has 0 aliphatic carbocycles. The third kappa shape index (κ3) is 6.22. The topological polar surface area (TPSA) is 107 Å². The molecule has 7 nitrogen and oxygen atoms in total. The summed E-state index contributed by atoms with van der Waals surface area (Å²) in [6, 6.07) is 2.13. The third-order valence-corrected chi connectivity index (χ3v) is 2.46. The average Bonchev–Trinajstić information content (AvgIpc) is 2.39. The Kier molecular flexibility index (Phi) is 5.90. The smallest absolute Gasteiger partial charge is 0.407 e. The second-order valence-electron chi connectivity index (χ2n) is 5.63. The quantitative estimate of drug-likeness (QED) is 0.292. The van der Waals surface area contributed by atoms with Crippen molar-refractivity contribution in [3.05, 3.63) is 33.6 Å². The highest BCUT2D eigenvalue weighted by Gasteiger charge is 2.17. The zero-order valence-electron chi connectivity index (χ0n) is 13.1. The number of anilines is 1. The lowest BCUT2D eigenvalue weighted by Gasteiger charge is -2.19. The van der Waals surface area contributed by atoms with Gasteiger partial charge in [-0.15, -0.1) is 0 Å². The van der Waals surface area contributed by atoms with Crippen molar-refractivity contribution in [2.24, 2.45) is 0 Å². The minimum atomic E-state index is -0.893. The lowest BCUT2D eigenvalue weighted by atomic mass is 10.1. The number of hydrogen-bond donors (Lipinski definition) is 2. The molecule has 3 N–H and O–H groups in total. The number of nitro groups is 1. The molecule has 1 amide bonds. The van der Waals surface area contributed by atoms with Crippen LogP contribution in [0.1, 0.15) is 32.8 Å². The number of ether oxygens (including phenoxy) is 1. The van der Waals surface area contributed by atoms with E-state index in [4.69, 9.17) is 10.5 Å². The zero-order valence-corrected chi connectivity index (χ0v) is 13.1. The van der Waals surface area contributed by atoms with Crippen molar-refractivity contribution >= 4 is 17.5 Å². The summed E-state index contributed by atoms with van der Waals surface area (Å²) in [6.45, 7) is 5.47. The van der Waals surface area contributed by atoms with Crippen LogP contribution in [0.3, 0.4) is 0 Å². The summed E-state index contributed by atoms with van der Waals surface area (Å²) in [6.07, 6.45) is -0.285. The average molecular weight is 323 g/mol. The van der Waals surface area contributed by atoms with Gasteiger partial charge in [0, 0.05) is 24.6 Å². The SMILES string of the molecule is CC(C)(C)OC(=O)NCCC#Cc1cc(F)c(N)c([N+](=O)[O-])c1. The molecule has 23 heavy (non-hydrogen) atoms. The second kappa shape index (κ2) is 7.45. The van der Waals surface area contributed by atoms with Crippen LogP contribution in [-0.2, 0) is 4.74 Å². The van der Waals surface area contributed by atoms with E-state index in [9.17, 15) is 19.3 Å². The molecule has 0 heterocycles. The van der Waals surface area contributed by atoms with Gasteiger partial charge in [-0.1, -0.05) is 11.8 Å². The van der Waals surface area contributed by atoms with Gasteiger partial charge in [-0.2, -0.15) is 0 Å². The first-order chi connectivity index (χ1) is 10.6. The first-order valence-electron chi connectivity index (χ1n) is 6.79. The number of benzene rings is 1. The van der Waals surface area contributed by atoms with Crippen LogP contribution in [0.4, 0.5) is 20.6 Å². The van der Waals surface area contributed by atoms with Gasteiger partial charge < -0.3 is 15.8 Å². The maximum absolute atomic E-state index is 13.5. The van der Waals surface area contributed by atoms with Crippen LogP contribution in [0.15, 0.2) is 12.1 Å². The standard InChI is InChI=1S/C15H18FN3O4/c1-15(2,3)23-14(20)18-7-5-4-6-10-8-11(16)13(17)12(9-10)19(21)22/h8-9H,5,7,17H2,1-3H3,(H,18,20). The summed E-state index contributed by atoms with van der Waals surface area (Å²) in [4.78, 5) is 21.3. The van der Waals surface area contributed by atoms with Crippen molar-refractivity contribution < 1.29 is 18.8 Å². The summed E-state index contributed by atoms with van der Waals surface area (Å²) >= 11 is 0. The van der Waals surface area contributed by atoms with Gasteiger partial charge in [0.05, 0.1) is 4.92 Å². The monoisotopic (exact) mass is 323 g/mol. The molecule has 8 heteroatoms. The van der Waals surface area contributed by atoms with E-state index in [1.54, 1.807) is 20.8 Å². The Morgan fingerprint density at radius 2 is 2.13 bits per heavy atom. The molecule has 0 fully saturated rings. The van der Waals surface area contributed by atoms with Gasteiger partial charge in [0.1, 0.15) is 11.3 Å². The van der Waals surface area contributed by atoms with E-state index < -0.39 is 33.8 Å². The summed E-state index contributed by atoms with van der Waals surface area (Å²) in [5.41, 5.74) is 3.79. The molecule has 0 aliphatic heterocycles. The van der Waals surface area contributed by atoms with Crippen LogP contribution in [-0.4, -0.2) is 23.2 Å². The number of rotatable bonds is 3. The lowest BCUT2D eigenvalue weighted by Crippen LogP contribution is -2.32. The maximum Gasteiger partial charge on any atom is 0.407 e. The number of nitro benzene ring substituents is 1. The molecule has 0 atom stereocenters. The molecule has 0 bridgehead atoms. The number of nitrogens with two attached hydrogens (primary N) is 1. The predicted octanol–water partition coefficient (Wildman–Crippen LogP) is 2.58. The Morgan fingerprint density at radius 1 is 1.48 bits per heavy atom. The van der Waals surface area contributed by atoms with E-state index in [1.807, 2.05) is 0 Å². The normalized spacial score (nSPS) is 10.4. The zero-order chi connectivity index (χ0) is 17.6. The molecule has 0 saturated heterocycles. The van der Waals surface area contributed by atoms with E-state index >= 15 is 0 Å². The molecule has 1 aromatic carbocycles. The van der Waals surface area contributed by atoms with E-state index in [0.717, 1.165) is 12.1 Å². The van der Waals surface area contributed by atoms with Gasteiger partial charge >= 0.3 is 6.09 Å². The summed E-state index contributed by atoms with van der Waals surface area (Å²) < 4.78 is 18.5. The highest BCUT2D eigenvalue weighted by molar-refractivity contribution is 5.67. The van der Waals surface area contributed by atoms with E-state index in [2.05, 4.69) is 17.2 Å². The van der Waals surface area contributed by atoms with Crippen LogP contribution in [0.2, 0.25) is 0 Å². The number of alkyl carbamates (subject to hydrolysis) is 1. The van der Waals surface area contributed by atoms with Crippen molar-refractivity contribution in [3.63, 3.8) is 0 Å². The third-order valence-electron chi connectivity index (χ3n) is 2.46. The van der Waals surface area contributed by atoms with Crippen molar-refractivity contribution in [1.29, 1.82) is 0 Å². The molecule has 0 saturated carbocycles. The van der Waals surface area contributed by atoms with Crippen LogP contribution in [0, 0.1) is 27.8 Å². The van der Waals surface area contributed by atoms with Crippen LogP contribution in [0.25, 0.3) is 0 Å². The number of nitrogens with one attached hydrogen (secondary N) is 1. The molecule has 0 aromatic heterocycles. The lowest BCUT2D eigenvalue weighted by molar-refractivity contribution is -0.384. The summed E-state index contributed by atoms with van der Waals surface area (Å²) in [5, 5.41) is 13.3. The molecule has 0 unspecified atom stereocenters. The number of amides is 1. The number of nitrogen functional groups attached to an aromatic ring is 1. The van der Waals surface area contributed by atoms with Gasteiger partial charge in [0.15, 0.2) is 5.82 Å². The van der Waals surface area contributed by atoms with Crippen LogP contribution < -0.4 is 11.1 Å².